The molecule has 0 aliphatic carbocycles. The van der Waals surface area contributed by atoms with E-state index >= 15 is 0 Å². The summed E-state index contributed by atoms with van der Waals surface area (Å²) in [6.07, 6.45) is 6.04. The van der Waals surface area contributed by atoms with E-state index in [1.807, 2.05) is 23.9 Å². The summed E-state index contributed by atoms with van der Waals surface area (Å²) in [5.74, 6) is 1.55. The first-order valence-electron chi connectivity index (χ1n) is 15.9. The van der Waals surface area contributed by atoms with E-state index in [4.69, 9.17) is 5.73 Å². The molecule has 2 amide bonds. The average Bonchev–Trinajstić information content (AvgIpc) is 3.36. The van der Waals surface area contributed by atoms with Crippen LogP contribution in [0.3, 0.4) is 0 Å². The topological polar surface area (TPSA) is 117 Å². The van der Waals surface area contributed by atoms with Crippen molar-refractivity contribution in [3.05, 3.63) is 53.6 Å². The Balaban J connectivity index is 1.16. The summed E-state index contributed by atoms with van der Waals surface area (Å²) in [5, 5.41) is 8.22. The van der Waals surface area contributed by atoms with Crippen LogP contribution >= 0.6 is 0 Å². The number of carbonyl (C=O) groups is 2. The molecule has 3 N–H and O–H groups in total. The quantitative estimate of drug-likeness (QED) is 0.315. The van der Waals surface area contributed by atoms with Crippen LogP contribution in [0, 0.1) is 5.92 Å². The molecule has 1 aromatic heterocycles. The molecule has 0 saturated carbocycles. The van der Waals surface area contributed by atoms with Crippen molar-refractivity contribution >= 4 is 40.0 Å². The van der Waals surface area contributed by atoms with E-state index < -0.39 is 11.0 Å². The number of fused-ring (bicyclic) bond motifs is 1. The first kappa shape index (κ1) is 32.3. The zero-order valence-electron chi connectivity index (χ0n) is 26.3. The van der Waals surface area contributed by atoms with Gasteiger partial charge in [-0.2, -0.15) is 5.10 Å². The van der Waals surface area contributed by atoms with Crippen molar-refractivity contribution < 1.29 is 13.8 Å². The summed E-state index contributed by atoms with van der Waals surface area (Å²) in [5.41, 5.74) is 9.57. The number of aldehydes is 1. The summed E-state index contributed by atoms with van der Waals surface area (Å²) in [6.45, 7) is 7.34. The Bertz CT molecular complexity index is 1460. The maximum Gasteiger partial charge on any atom is 0.322 e. The van der Waals surface area contributed by atoms with Gasteiger partial charge in [-0.05, 0) is 92.4 Å². The molecule has 3 heterocycles. The van der Waals surface area contributed by atoms with Gasteiger partial charge in [0.1, 0.15) is 17.3 Å². The molecule has 2 unspecified atom stereocenters. The summed E-state index contributed by atoms with van der Waals surface area (Å²) >= 11 is 0. The van der Waals surface area contributed by atoms with Gasteiger partial charge in [0.2, 0.25) is 0 Å². The second kappa shape index (κ2) is 14.8. The molecule has 11 heteroatoms. The normalized spacial score (nSPS) is 18.7. The molecule has 2 fully saturated rings. The highest BCUT2D eigenvalue weighted by Crippen LogP contribution is 2.33. The number of urea groups is 1. The van der Waals surface area contributed by atoms with E-state index in [2.05, 4.69) is 56.9 Å². The zero-order valence-corrected chi connectivity index (χ0v) is 27.1. The molecule has 3 aromatic rings. The van der Waals surface area contributed by atoms with Gasteiger partial charge in [-0.3, -0.25) is 9.58 Å². The number of anilines is 1. The SMILES string of the molecule is CNC(=O)N(CCC=O)c1nn(C)c2cc(C3CCN(CC(C)Cc4cccc(S(=O)N5CCC(N)CC5)c4)CC3)ccc12. The lowest BCUT2D eigenvalue weighted by molar-refractivity contribution is -0.107. The molecule has 2 aromatic carbocycles. The minimum atomic E-state index is -1.13. The molecule has 2 aliphatic heterocycles. The Hall–Kier alpha value is -3.12. The van der Waals surface area contributed by atoms with Gasteiger partial charge >= 0.3 is 6.03 Å². The van der Waals surface area contributed by atoms with Crippen molar-refractivity contribution in [2.24, 2.45) is 18.7 Å². The molecule has 44 heavy (non-hydrogen) atoms. The van der Waals surface area contributed by atoms with Gasteiger partial charge in [-0.1, -0.05) is 25.1 Å². The second-order valence-corrected chi connectivity index (χ2v) is 13.9. The van der Waals surface area contributed by atoms with Crippen LogP contribution in [-0.4, -0.2) is 87.9 Å². The Morgan fingerprint density at radius 2 is 1.89 bits per heavy atom. The van der Waals surface area contributed by atoms with E-state index in [1.54, 1.807) is 7.05 Å². The number of hydrogen-bond donors (Lipinski definition) is 2. The number of aromatic nitrogens is 2. The van der Waals surface area contributed by atoms with Crippen molar-refractivity contribution in [1.82, 2.24) is 24.3 Å². The van der Waals surface area contributed by atoms with Crippen LogP contribution < -0.4 is 16.0 Å². The van der Waals surface area contributed by atoms with Gasteiger partial charge < -0.3 is 20.7 Å². The molecule has 238 valence electrons. The standard InChI is InChI=1S/C33H47N7O3S/c1-24(20-25-6-4-7-29(21-25)44(43)39-17-12-28(34)13-18-39)23-38-15-10-26(11-16-38)27-8-9-30-31(22-27)37(3)36-32(30)40(14-5-19-41)33(42)35-2/h4,6-9,19,21-22,24,26,28H,5,10-18,20,23,34H2,1-3H3,(H,35,42). The fourth-order valence-electron chi connectivity index (χ4n) is 6.66. The molecular formula is C33H47N7O3S. The smallest absolute Gasteiger partial charge is 0.322 e. The number of nitrogens with two attached hydrogens (primary N) is 1. The zero-order chi connectivity index (χ0) is 31.2. The number of carbonyl (C=O) groups excluding carboxylic acids is 2. The maximum absolute atomic E-state index is 13.2. The monoisotopic (exact) mass is 621 g/mol. The van der Waals surface area contributed by atoms with Crippen LogP contribution in [0.5, 0.6) is 0 Å². The molecule has 2 saturated heterocycles. The fourth-order valence-corrected chi connectivity index (χ4v) is 7.95. The van der Waals surface area contributed by atoms with E-state index in [0.29, 0.717) is 17.7 Å². The molecular weight excluding hydrogens is 574 g/mol. The number of hydrogen-bond acceptors (Lipinski definition) is 6. The number of nitrogens with zero attached hydrogens (tertiary/aromatic N) is 5. The second-order valence-electron chi connectivity index (χ2n) is 12.4. The van der Waals surface area contributed by atoms with E-state index in [9.17, 15) is 13.8 Å². The average molecular weight is 622 g/mol. The van der Waals surface area contributed by atoms with Gasteiger partial charge in [0.05, 0.1) is 10.4 Å². The lowest BCUT2D eigenvalue weighted by Gasteiger charge is -2.34. The van der Waals surface area contributed by atoms with Crippen molar-refractivity contribution in [3.63, 3.8) is 0 Å². The number of piperidine rings is 2. The summed E-state index contributed by atoms with van der Waals surface area (Å²) in [4.78, 5) is 28.5. The lowest BCUT2D eigenvalue weighted by atomic mass is 9.88. The molecule has 10 nitrogen and oxygen atoms in total. The van der Waals surface area contributed by atoms with Crippen molar-refractivity contribution in [2.75, 3.05) is 51.2 Å². The van der Waals surface area contributed by atoms with E-state index in [0.717, 1.165) is 86.9 Å². The summed E-state index contributed by atoms with van der Waals surface area (Å²) < 4.78 is 17.0. The van der Waals surface area contributed by atoms with Crippen LogP contribution in [0.2, 0.25) is 0 Å². The molecule has 0 spiro atoms. The highest BCUT2D eigenvalue weighted by atomic mass is 32.2. The van der Waals surface area contributed by atoms with Crippen LogP contribution in [0.1, 0.15) is 56.1 Å². The predicted octanol–water partition coefficient (Wildman–Crippen LogP) is 3.81. The van der Waals surface area contributed by atoms with E-state index in [-0.39, 0.29) is 25.0 Å². The number of aryl methyl sites for hydroxylation is 1. The number of amides is 2. The number of rotatable bonds is 11. The molecule has 0 radical (unpaired) electrons. The van der Waals surface area contributed by atoms with Crippen molar-refractivity contribution in [1.29, 1.82) is 0 Å². The molecule has 0 bridgehead atoms. The van der Waals surface area contributed by atoms with Gasteiger partial charge in [0, 0.05) is 58.1 Å². The van der Waals surface area contributed by atoms with Gasteiger partial charge in [-0.25, -0.2) is 13.3 Å². The predicted molar refractivity (Wildman–Crippen MR) is 176 cm³/mol. The first-order chi connectivity index (χ1) is 21.3. The Morgan fingerprint density at radius 3 is 2.59 bits per heavy atom. The molecule has 5 rings (SSSR count). The third-order valence-corrected chi connectivity index (χ3v) is 10.6. The number of benzene rings is 2. The Kier molecular flexibility index (Phi) is 10.8. The van der Waals surface area contributed by atoms with Crippen molar-refractivity contribution in [3.8, 4) is 0 Å². The van der Waals surface area contributed by atoms with Gasteiger partial charge in [-0.15, -0.1) is 0 Å². The third kappa shape index (κ3) is 7.56. The van der Waals surface area contributed by atoms with Crippen LogP contribution in [-0.2, 0) is 29.2 Å². The lowest BCUT2D eigenvalue weighted by Crippen LogP contribution is -2.40. The fraction of sp³-hybridized carbons (Fsp3) is 0.545. The van der Waals surface area contributed by atoms with E-state index in [1.165, 1.54) is 16.0 Å². The maximum atomic E-state index is 13.2. The highest BCUT2D eigenvalue weighted by Gasteiger charge is 2.26. The van der Waals surface area contributed by atoms with Crippen LogP contribution in [0.15, 0.2) is 47.4 Å². The van der Waals surface area contributed by atoms with Gasteiger partial charge in [0.25, 0.3) is 0 Å². The minimum Gasteiger partial charge on any atom is -0.341 e. The molecule has 2 atom stereocenters. The highest BCUT2D eigenvalue weighted by molar-refractivity contribution is 7.82. The summed E-state index contributed by atoms with van der Waals surface area (Å²) in [7, 11) is 2.36. The molecule has 2 aliphatic rings. The third-order valence-electron chi connectivity index (χ3n) is 9.09. The Labute approximate surface area is 263 Å². The van der Waals surface area contributed by atoms with Crippen molar-refractivity contribution in [2.45, 2.75) is 62.3 Å². The Morgan fingerprint density at radius 1 is 1.14 bits per heavy atom. The first-order valence-corrected chi connectivity index (χ1v) is 17.0. The largest absolute Gasteiger partial charge is 0.341 e. The number of nitrogens with one attached hydrogen (secondary N) is 1. The van der Waals surface area contributed by atoms with Crippen LogP contribution in [0.4, 0.5) is 10.6 Å². The van der Waals surface area contributed by atoms with Crippen LogP contribution in [0.25, 0.3) is 10.9 Å². The number of likely N-dealkylation sites (tertiary alicyclic amines) is 1. The summed E-state index contributed by atoms with van der Waals surface area (Å²) in [6, 6.07) is 14.7. The minimum absolute atomic E-state index is 0.228. The van der Waals surface area contributed by atoms with Gasteiger partial charge in [0.15, 0.2) is 5.82 Å².